The molecule has 1 atom stereocenters. The topological polar surface area (TPSA) is 110 Å². The highest BCUT2D eigenvalue weighted by Crippen LogP contribution is 2.24. The number of carboxylic acid groups (broad SMARTS) is 1. The van der Waals surface area contributed by atoms with Gasteiger partial charge in [-0.3, -0.25) is 9.69 Å². The lowest BCUT2D eigenvalue weighted by Gasteiger charge is -2.35. The molecule has 216 valence electrons. The van der Waals surface area contributed by atoms with Crippen LogP contribution in [0.15, 0.2) is 17.0 Å². The van der Waals surface area contributed by atoms with E-state index in [9.17, 15) is 26.4 Å². The number of hydrogen-bond acceptors (Lipinski definition) is 6. The minimum atomic E-state index is -5.08. The Balaban J connectivity index is 0.000000638. The number of amides is 1. The molecule has 13 heteroatoms. The molecule has 9 nitrogen and oxygen atoms in total. The zero-order chi connectivity index (χ0) is 28.7. The zero-order valence-corrected chi connectivity index (χ0v) is 23.3. The van der Waals surface area contributed by atoms with Gasteiger partial charge in [-0.1, -0.05) is 12.5 Å². The first kappa shape index (κ1) is 32.0. The van der Waals surface area contributed by atoms with Crippen molar-refractivity contribution >= 4 is 21.9 Å². The number of carboxylic acids is 1. The third kappa shape index (κ3) is 8.92. The Hall–Kier alpha value is -2.22. The van der Waals surface area contributed by atoms with Crippen molar-refractivity contribution in [2.45, 2.75) is 64.1 Å². The van der Waals surface area contributed by atoms with Crippen LogP contribution >= 0.6 is 0 Å². The minimum Gasteiger partial charge on any atom is -0.475 e. The van der Waals surface area contributed by atoms with Gasteiger partial charge in [0.2, 0.25) is 15.9 Å². The molecule has 3 rings (SSSR count). The molecule has 0 radical (unpaired) electrons. The van der Waals surface area contributed by atoms with E-state index in [-0.39, 0.29) is 12.5 Å². The number of benzene rings is 1. The number of nitrogens with zero attached hydrogens (tertiary/aromatic N) is 3. The summed E-state index contributed by atoms with van der Waals surface area (Å²) >= 11 is 0. The van der Waals surface area contributed by atoms with E-state index in [2.05, 4.69) is 17.1 Å². The fraction of sp³-hybridized carbons (Fsp3) is 0.680. The molecule has 2 heterocycles. The molecule has 2 aliphatic rings. The van der Waals surface area contributed by atoms with Crippen molar-refractivity contribution in [2.24, 2.45) is 0 Å². The number of nitrogens with one attached hydrogen (secondary N) is 1. The van der Waals surface area contributed by atoms with Crippen LogP contribution in [0.2, 0.25) is 0 Å². The molecule has 0 aliphatic carbocycles. The number of likely N-dealkylation sites (tertiary alicyclic amines) is 1. The second kappa shape index (κ2) is 13.7. The molecule has 0 saturated carbocycles. The van der Waals surface area contributed by atoms with Gasteiger partial charge in [0.25, 0.3) is 0 Å². The molecule has 1 amide bonds. The molecule has 2 saturated heterocycles. The molecule has 0 spiro atoms. The van der Waals surface area contributed by atoms with Crippen LogP contribution in [0.5, 0.6) is 0 Å². The number of rotatable bonds is 7. The van der Waals surface area contributed by atoms with Gasteiger partial charge < -0.3 is 15.3 Å². The summed E-state index contributed by atoms with van der Waals surface area (Å²) in [5, 5.41) is 10.4. The Bertz CT molecular complexity index is 1080. The van der Waals surface area contributed by atoms with Gasteiger partial charge >= 0.3 is 12.1 Å². The maximum atomic E-state index is 13.7. The van der Waals surface area contributed by atoms with E-state index in [0.29, 0.717) is 37.1 Å². The van der Waals surface area contributed by atoms with Gasteiger partial charge in [-0.15, -0.1) is 0 Å². The molecule has 2 fully saturated rings. The number of piperidine rings is 1. The van der Waals surface area contributed by atoms with Crippen molar-refractivity contribution < 1.29 is 36.3 Å². The van der Waals surface area contributed by atoms with Crippen LogP contribution in [0.25, 0.3) is 0 Å². The van der Waals surface area contributed by atoms with Crippen LogP contribution in [-0.4, -0.2) is 104 Å². The van der Waals surface area contributed by atoms with Crippen molar-refractivity contribution in [3.63, 3.8) is 0 Å². The summed E-state index contributed by atoms with van der Waals surface area (Å²) in [5.74, 6) is -2.87. The Morgan fingerprint density at radius 2 is 1.63 bits per heavy atom. The highest BCUT2D eigenvalue weighted by molar-refractivity contribution is 7.89. The second-order valence-electron chi connectivity index (χ2n) is 9.86. The summed E-state index contributed by atoms with van der Waals surface area (Å²) in [4.78, 5) is 26.3. The standard InChI is InChI=1S/C23H38N4O3S.C2HF3O2/c1-18-15-20(3)22(16-19(18)2)31(29,30)27(14-13-25-10-6-5-7-21(25)4)17-23(28)26-11-8-24-9-12-26;3-2(4,5)1(6)7/h15-16,21,24H,5-14,17H2,1-4H3;(H,6,7). The highest BCUT2D eigenvalue weighted by Gasteiger charge is 2.38. The van der Waals surface area contributed by atoms with Gasteiger partial charge in [-0.25, -0.2) is 13.2 Å². The first-order valence-electron chi connectivity index (χ1n) is 12.7. The summed E-state index contributed by atoms with van der Waals surface area (Å²) in [6.45, 7) is 12.6. The Kier molecular flexibility index (Phi) is 11.6. The van der Waals surface area contributed by atoms with Crippen molar-refractivity contribution in [1.82, 2.24) is 19.4 Å². The smallest absolute Gasteiger partial charge is 0.475 e. The third-order valence-electron chi connectivity index (χ3n) is 7.01. The molecule has 2 aliphatic heterocycles. The molecule has 38 heavy (non-hydrogen) atoms. The van der Waals surface area contributed by atoms with E-state index in [1.54, 1.807) is 11.0 Å². The van der Waals surface area contributed by atoms with Crippen molar-refractivity contribution in [3.8, 4) is 0 Å². The summed E-state index contributed by atoms with van der Waals surface area (Å²) in [7, 11) is -3.78. The average Bonchev–Trinajstić information content (AvgIpc) is 2.85. The van der Waals surface area contributed by atoms with Gasteiger partial charge in [0.05, 0.1) is 11.4 Å². The first-order chi connectivity index (χ1) is 17.6. The molecule has 2 N–H and O–H groups in total. The van der Waals surface area contributed by atoms with Gasteiger partial charge in [-0.2, -0.15) is 17.5 Å². The van der Waals surface area contributed by atoms with E-state index in [0.717, 1.165) is 49.2 Å². The van der Waals surface area contributed by atoms with E-state index in [1.165, 1.54) is 10.7 Å². The second-order valence-corrected chi connectivity index (χ2v) is 11.8. The number of hydrogen-bond donors (Lipinski definition) is 2. The number of carbonyl (C=O) groups excluding carboxylic acids is 1. The quantitative estimate of drug-likeness (QED) is 0.524. The first-order valence-corrected chi connectivity index (χ1v) is 14.2. The number of alkyl halides is 3. The molecule has 1 aromatic carbocycles. The van der Waals surface area contributed by atoms with Crippen LogP contribution < -0.4 is 5.32 Å². The molecular weight excluding hydrogens is 525 g/mol. The van der Waals surface area contributed by atoms with E-state index >= 15 is 0 Å². The van der Waals surface area contributed by atoms with Crippen LogP contribution in [0.3, 0.4) is 0 Å². The largest absolute Gasteiger partial charge is 0.490 e. The van der Waals surface area contributed by atoms with Gasteiger partial charge in [0, 0.05) is 45.3 Å². The number of aryl methyl sites for hydroxylation is 3. The normalized spacial score (nSPS) is 19.2. The Morgan fingerprint density at radius 1 is 1.05 bits per heavy atom. The van der Waals surface area contributed by atoms with Crippen LogP contribution in [0.4, 0.5) is 13.2 Å². The number of carbonyl (C=O) groups is 2. The fourth-order valence-corrected chi connectivity index (χ4v) is 6.20. The SMILES string of the molecule is Cc1cc(C)c(S(=O)(=O)N(CCN2CCCCC2C)CC(=O)N2CCNCC2)cc1C.O=C(O)C(F)(F)F. The lowest BCUT2D eigenvalue weighted by molar-refractivity contribution is -0.192. The van der Waals surface area contributed by atoms with Crippen molar-refractivity contribution in [3.05, 3.63) is 28.8 Å². The number of piperazine rings is 1. The molecule has 1 unspecified atom stereocenters. The van der Waals surface area contributed by atoms with E-state index < -0.39 is 22.2 Å². The average molecular weight is 565 g/mol. The highest BCUT2D eigenvalue weighted by atomic mass is 32.2. The maximum absolute atomic E-state index is 13.7. The van der Waals surface area contributed by atoms with Crippen LogP contribution in [0, 0.1) is 20.8 Å². The molecular formula is C25H39F3N4O5S. The molecule has 0 aromatic heterocycles. The summed E-state index contributed by atoms with van der Waals surface area (Å²) in [6.07, 6.45) is -1.57. The van der Waals surface area contributed by atoms with Gasteiger partial charge in [0.15, 0.2) is 0 Å². The predicted molar refractivity (Wildman–Crippen MR) is 137 cm³/mol. The minimum absolute atomic E-state index is 0.100. The zero-order valence-electron chi connectivity index (χ0n) is 22.5. The number of halogens is 3. The maximum Gasteiger partial charge on any atom is 0.490 e. The summed E-state index contributed by atoms with van der Waals surface area (Å²) in [6, 6.07) is 4.13. The predicted octanol–water partition coefficient (Wildman–Crippen LogP) is 2.54. The van der Waals surface area contributed by atoms with E-state index in [1.807, 2.05) is 26.8 Å². The van der Waals surface area contributed by atoms with Crippen LogP contribution in [0.1, 0.15) is 42.9 Å². The lowest BCUT2D eigenvalue weighted by Crippen LogP contribution is -2.51. The Morgan fingerprint density at radius 3 is 2.18 bits per heavy atom. The van der Waals surface area contributed by atoms with Crippen molar-refractivity contribution in [2.75, 3.05) is 52.4 Å². The Labute approximate surface area is 223 Å². The van der Waals surface area contributed by atoms with E-state index in [4.69, 9.17) is 9.90 Å². The van der Waals surface area contributed by atoms with Crippen LogP contribution in [-0.2, 0) is 19.6 Å². The van der Waals surface area contributed by atoms with Gasteiger partial charge in [-0.05, 0) is 69.8 Å². The van der Waals surface area contributed by atoms with Crippen molar-refractivity contribution in [1.29, 1.82) is 0 Å². The number of aliphatic carboxylic acids is 1. The summed E-state index contributed by atoms with van der Waals surface area (Å²) < 4.78 is 60.6. The summed E-state index contributed by atoms with van der Waals surface area (Å²) in [5.41, 5.74) is 2.75. The van der Waals surface area contributed by atoms with Gasteiger partial charge in [0.1, 0.15) is 0 Å². The lowest BCUT2D eigenvalue weighted by atomic mass is 10.0. The molecule has 0 bridgehead atoms. The molecule has 1 aromatic rings. The monoisotopic (exact) mass is 564 g/mol. The fourth-order valence-electron chi connectivity index (χ4n) is 4.53. The number of sulfonamides is 1. The third-order valence-corrected chi connectivity index (χ3v) is 9.00.